The summed E-state index contributed by atoms with van der Waals surface area (Å²) in [6, 6.07) is 0.0436. The van der Waals surface area contributed by atoms with Gasteiger partial charge in [0, 0.05) is 26.6 Å². The fourth-order valence-corrected chi connectivity index (χ4v) is 2.48. The van der Waals surface area contributed by atoms with E-state index in [2.05, 4.69) is 19.9 Å². The summed E-state index contributed by atoms with van der Waals surface area (Å²) in [5.74, 6) is 0.379. The van der Waals surface area contributed by atoms with Gasteiger partial charge in [-0.3, -0.25) is 9.78 Å². The van der Waals surface area contributed by atoms with Crippen molar-refractivity contribution < 1.29 is 5.11 Å². The van der Waals surface area contributed by atoms with Crippen LogP contribution in [0.5, 0.6) is 0 Å². The Kier molecular flexibility index (Phi) is 3.76. The van der Waals surface area contributed by atoms with Crippen molar-refractivity contribution in [1.29, 1.82) is 0 Å². The molecule has 22 heavy (non-hydrogen) atoms. The molecule has 2 aromatic heterocycles. The molecule has 2 aromatic rings. The van der Waals surface area contributed by atoms with Crippen molar-refractivity contribution in [2.75, 3.05) is 20.7 Å². The first-order chi connectivity index (χ1) is 10.6. The van der Waals surface area contributed by atoms with E-state index in [1.54, 1.807) is 17.6 Å². The van der Waals surface area contributed by atoms with Crippen LogP contribution in [-0.4, -0.2) is 56.6 Å². The lowest BCUT2D eigenvalue weighted by molar-refractivity contribution is 0.244. The van der Waals surface area contributed by atoms with Crippen molar-refractivity contribution in [2.24, 2.45) is 10.9 Å². The summed E-state index contributed by atoms with van der Waals surface area (Å²) in [5, 5.41) is 9.23. The molecule has 1 aliphatic rings. The molecular weight excluding hydrogens is 284 g/mol. The lowest BCUT2D eigenvalue weighted by Gasteiger charge is -2.12. The molecule has 0 spiro atoms. The second-order valence-corrected chi connectivity index (χ2v) is 5.55. The molecule has 0 aliphatic heterocycles. The zero-order chi connectivity index (χ0) is 15.7. The van der Waals surface area contributed by atoms with Crippen LogP contribution in [0.4, 0.5) is 5.95 Å². The summed E-state index contributed by atoms with van der Waals surface area (Å²) in [6.45, 7) is 0.117. The summed E-state index contributed by atoms with van der Waals surface area (Å²) in [4.78, 5) is 29.1. The molecule has 8 heteroatoms. The molecule has 3 rings (SSSR count). The van der Waals surface area contributed by atoms with Gasteiger partial charge in [-0.1, -0.05) is 12.2 Å². The van der Waals surface area contributed by atoms with Crippen LogP contribution in [0.1, 0.15) is 12.5 Å². The molecule has 0 saturated heterocycles. The van der Waals surface area contributed by atoms with Crippen molar-refractivity contribution in [3.05, 3.63) is 28.8 Å². The second-order valence-electron chi connectivity index (χ2n) is 5.55. The third-order valence-electron chi connectivity index (χ3n) is 3.57. The van der Waals surface area contributed by atoms with Crippen molar-refractivity contribution in [1.82, 2.24) is 24.4 Å². The van der Waals surface area contributed by atoms with Gasteiger partial charge in [-0.05, 0) is 6.42 Å². The van der Waals surface area contributed by atoms with Crippen LogP contribution in [0.3, 0.4) is 0 Å². The molecule has 0 radical (unpaired) electrons. The Hall–Kier alpha value is -2.48. The minimum Gasteiger partial charge on any atom is -0.396 e. The predicted molar refractivity (Wildman–Crippen MR) is 83.4 cm³/mol. The molecule has 2 atom stereocenters. The number of aliphatic imine (C=N–C) groups is 1. The number of H-pyrrole nitrogens is 1. The largest absolute Gasteiger partial charge is 0.396 e. The number of aromatic nitrogens is 4. The maximum absolute atomic E-state index is 12.1. The van der Waals surface area contributed by atoms with Crippen molar-refractivity contribution in [3.8, 4) is 0 Å². The SMILES string of the molecule is CN(C)/C=N/c1nc2c(ncn2[C@H]2C=C[C@@H](CO)C2)c(=O)[nH]1. The second kappa shape index (κ2) is 5.72. The number of aliphatic hydroxyl groups excluding tert-OH is 1. The number of fused-ring (bicyclic) bond motifs is 1. The Balaban J connectivity index is 2.02. The number of hydrogen-bond acceptors (Lipinski definition) is 5. The first kappa shape index (κ1) is 14.5. The summed E-state index contributed by atoms with van der Waals surface area (Å²) in [7, 11) is 3.67. The van der Waals surface area contributed by atoms with Gasteiger partial charge in [0.25, 0.3) is 5.56 Å². The van der Waals surface area contributed by atoms with Gasteiger partial charge >= 0.3 is 0 Å². The number of aliphatic hydroxyl groups is 1. The number of aromatic amines is 1. The lowest BCUT2D eigenvalue weighted by Crippen LogP contribution is -2.12. The zero-order valence-electron chi connectivity index (χ0n) is 12.5. The monoisotopic (exact) mass is 302 g/mol. The molecule has 116 valence electrons. The van der Waals surface area contributed by atoms with Crippen molar-refractivity contribution in [3.63, 3.8) is 0 Å². The molecule has 2 heterocycles. The van der Waals surface area contributed by atoms with Crippen LogP contribution >= 0.6 is 0 Å². The van der Waals surface area contributed by atoms with E-state index in [0.717, 1.165) is 6.42 Å². The normalized spacial score (nSPS) is 21.2. The van der Waals surface area contributed by atoms with Gasteiger partial charge in [-0.25, -0.2) is 9.98 Å². The standard InChI is InChI=1S/C14H18N6O2/c1-19(2)7-16-14-17-12-11(13(22)18-14)15-8-20(12)10-4-3-9(5-10)6-21/h3-4,7-10,21H,5-6H2,1-2H3,(H,17,18,22)/b16-7+/t9-,10+/m1/s1. The third-order valence-corrected chi connectivity index (χ3v) is 3.57. The van der Waals surface area contributed by atoms with Crippen LogP contribution < -0.4 is 5.56 Å². The Morgan fingerprint density at radius 3 is 3.05 bits per heavy atom. The van der Waals surface area contributed by atoms with E-state index in [1.807, 2.05) is 30.8 Å². The Labute approximate surface area is 126 Å². The number of nitrogens with one attached hydrogen (secondary N) is 1. The van der Waals surface area contributed by atoms with Gasteiger partial charge in [0.2, 0.25) is 5.95 Å². The highest BCUT2D eigenvalue weighted by molar-refractivity contribution is 5.71. The highest BCUT2D eigenvalue weighted by Gasteiger charge is 2.22. The quantitative estimate of drug-likeness (QED) is 0.485. The Bertz CT molecular complexity index is 788. The molecule has 0 amide bonds. The Morgan fingerprint density at radius 2 is 2.36 bits per heavy atom. The molecule has 0 bridgehead atoms. The average Bonchev–Trinajstić information content (AvgIpc) is 3.11. The molecule has 0 aromatic carbocycles. The smallest absolute Gasteiger partial charge is 0.280 e. The molecule has 2 N–H and O–H groups in total. The van der Waals surface area contributed by atoms with Gasteiger partial charge < -0.3 is 14.6 Å². The zero-order valence-corrected chi connectivity index (χ0v) is 12.5. The maximum Gasteiger partial charge on any atom is 0.280 e. The molecule has 8 nitrogen and oxygen atoms in total. The number of nitrogens with zero attached hydrogens (tertiary/aromatic N) is 5. The van der Waals surface area contributed by atoms with Crippen molar-refractivity contribution >= 4 is 23.5 Å². The van der Waals surface area contributed by atoms with Crippen LogP contribution in [-0.2, 0) is 0 Å². The van der Waals surface area contributed by atoms with E-state index >= 15 is 0 Å². The first-order valence-corrected chi connectivity index (χ1v) is 7.05. The van der Waals surface area contributed by atoms with E-state index in [9.17, 15) is 9.90 Å². The predicted octanol–water partition coefficient (Wildman–Crippen LogP) is 0.450. The van der Waals surface area contributed by atoms with Crippen LogP contribution in [0.15, 0.2) is 28.3 Å². The maximum atomic E-state index is 12.1. The lowest BCUT2D eigenvalue weighted by atomic mass is 10.1. The van der Waals surface area contributed by atoms with Gasteiger partial charge in [-0.2, -0.15) is 4.98 Å². The highest BCUT2D eigenvalue weighted by Crippen LogP contribution is 2.29. The van der Waals surface area contributed by atoms with Gasteiger partial charge in [0.15, 0.2) is 11.2 Å². The average molecular weight is 302 g/mol. The first-order valence-electron chi connectivity index (χ1n) is 7.05. The molecular formula is C14H18N6O2. The number of rotatable bonds is 4. The highest BCUT2D eigenvalue weighted by atomic mass is 16.3. The minimum atomic E-state index is -0.310. The molecule has 0 fully saturated rings. The minimum absolute atomic E-state index is 0.0436. The topological polar surface area (TPSA) is 99.4 Å². The van der Waals surface area contributed by atoms with E-state index in [0.29, 0.717) is 11.2 Å². The summed E-state index contributed by atoms with van der Waals surface area (Å²) >= 11 is 0. The summed E-state index contributed by atoms with van der Waals surface area (Å²) in [5.41, 5.74) is 0.489. The van der Waals surface area contributed by atoms with E-state index in [1.165, 1.54) is 0 Å². The van der Waals surface area contributed by atoms with Crippen LogP contribution in [0, 0.1) is 5.92 Å². The number of hydrogen-bond donors (Lipinski definition) is 2. The molecule has 0 saturated carbocycles. The Morgan fingerprint density at radius 1 is 1.55 bits per heavy atom. The van der Waals surface area contributed by atoms with Gasteiger partial charge in [-0.15, -0.1) is 0 Å². The van der Waals surface area contributed by atoms with E-state index in [-0.39, 0.29) is 30.1 Å². The summed E-state index contributed by atoms with van der Waals surface area (Å²) < 4.78 is 1.85. The van der Waals surface area contributed by atoms with Crippen LogP contribution in [0.25, 0.3) is 11.2 Å². The fourth-order valence-electron chi connectivity index (χ4n) is 2.48. The van der Waals surface area contributed by atoms with Gasteiger partial charge in [0.05, 0.1) is 18.7 Å². The van der Waals surface area contributed by atoms with Crippen molar-refractivity contribution in [2.45, 2.75) is 12.5 Å². The summed E-state index contributed by atoms with van der Waals surface area (Å²) in [6.07, 6.45) is 7.94. The van der Waals surface area contributed by atoms with Crippen LogP contribution in [0.2, 0.25) is 0 Å². The molecule has 1 aliphatic carbocycles. The molecule has 0 unspecified atom stereocenters. The van der Waals surface area contributed by atoms with Gasteiger partial charge in [0.1, 0.15) is 0 Å². The third kappa shape index (κ3) is 2.64. The van der Waals surface area contributed by atoms with E-state index < -0.39 is 0 Å². The van der Waals surface area contributed by atoms with E-state index in [4.69, 9.17) is 0 Å². The number of imidazole rings is 1. The number of allylic oxidation sites excluding steroid dienone is 1. The fraction of sp³-hybridized carbons (Fsp3) is 0.429.